The van der Waals surface area contributed by atoms with E-state index in [1.54, 1.807) is 24.3 Å². The average molecular weight is 431 g/mol. The molecular formula is C25H25N3O4. The van der Waals surface area contributed by atoms with Gasteiger partial charge in [0.25, 0.3) is 5.56 Å². The lowest BCUT2D eigenvalue weighted by Crippen LogP contribution is -2.25. The molecule has 0 N–H and O–H groups in total. The summed E-state index contributed by atoms with van der Waals surface area (Å²) in [4.78, 5) is 43.4. The molecule has 7 nitrogen and oxygen atoms in total. The van der Waals surface area contributed by atoms with Crippen LogP contribution in [0.25, 0.3) is 10.9 Å². The van der Waals surface area contributed by atoms with Gasteiger partial charge >= 0.3 is 5.97 Å². The third-order valence-corrected chi connectivity index (χ3v) is 5.90. The molecule has 0 amide bonds. The topological polar surface area (TPSA) is 81.5 Å². The molecule has 0 saturated heterocycles. The van der Waals surface area contributed by atoms with E-state index in [9.17, 15) is 14.4 Å². The number of hydrogen-bond donors (Lipinski definition) is 0. The van der Waals surface area contributed by atoms with E-state index in [0.29, 0.717) is 10.9 Å². The molecule has 0 radical (unpaired) electrons. The first-order valence-corrected chi connectivity index (χ1v) is 10.5. The van der Waals surface area contributed by atoms with E-state index in [-0.39, 0.29) is 36.3 Å². The van der Waals surface area contributed by atoms with Crippen molar-refractivity contribution in [3.63, 3.8) is 0 Å². The molecule has 4 rings (SSSR count). The minimum Gasteiger partial charge on any atom is -0.457 e. The number of anilines is 1. The van der Waals surface area contributed by atoms with Crippen LogP contribution in [0.1, 0.15) is 25.8 Å². The van der Waals surface area contributed by atoms with Gasteiger partial charge in [0, 0.05) is 36.5 Å². The molecule has 2 aromatic carbocycles. The van der Waals surface area contributed by atoms with Crippen LogP contribution in [0.4, 0.5) is 5.69 Å². The zero-order valence-corrected chi connectivity index (χ0v) is 18.4. The van der Waals surface area contributed by atoms with Gasteiger partial charge in [0.2, 0.25) is 0 Å². The van der Waals surface area contributed by atoms with Gasteiger partial charge in [0.15, 0.2) is 12.4 Å². The van der Waals surface area contributed by atoms with Crippen LogP contribution < -0.4 is 10.5 Å². The van der Waals surface area contributed by atoms with Crippen LogP contribution in [0.3, 0.4) is 0 Å². The predicted molar refractivity (Wildman–Crippen MR) is 123 cm³/mol. The monoisotopic (exact) mass is 431 g/mol. The zero-order valence-electron chi connectivity index (χ0n) is 18.4. The summed E-state index contributed by atoms with van der Waals surface area (Å²) < 4.78 is 6.53. The number of fused-ring (bicyclic) bond motifs is 2. The number of benzene rings is 2. The number of carbonyl (C=O) groups excluding carboxylic acids is 2. The Bertz CT molecular complexity index is 1290. The van der Waals surface area contributed by atoms with Crippen molar-refractivity contribution in [2.45, 2.75) is 32.2 Å². The zero-order chi connectivity index (χ0) is 22.9. The van der Waals surface area contributed by atoms with E-state index in [1.165, 1.54) is 10.9 Å². The van der Waals surface area contributed by atoms with Crippen LogP contribution in [0.5, 0.6) is 0 Å². The molecule has 32 heavy (non-hydrogen) atoms. The Balaban J connectivity index is 1.36. The second-order valence-electron chi connectivity index (χ2n) is 8.37. The number of para-hydroxylation sites is 2. The minimum atomic E-state index is -0.542. The quantitative estimate of drug-likeness (QED) is 0.440. The van der Waals surface area contributed by atoms with E-state index in [4.69, 9.17) is 4.74 Å². The number of rotatable bonds is 6. The van der Waals surface area contributed by atoms with Crippen LogP contribution >= 0.6 is 0 Å². The maximum atomic E-state index is 12.5. The van der Waals surface area contributed by atoms with E-state index >= 15 is 0 Å². The molecule has 0 spiro atoms. The highest BCUT2D eigenvalue weighted by atomic mass is 16.5. The maximum Gasteiger partial charge on any atom is 0.308 e. The van der Waals surface area contributed by atoms with Crippen molar-refractivity contribution in [1.82, 2.24) is 9.55 Å². The molecule has 0 unspecified atom stereocenters. The van der Waals surface area contributed by atoms with Crippen molar-refractivity contribution in [3.05, 3.63) is 82.5 Å². The van der Waals surface area contributed by atoms with Crippen molar-refractivity contribution in [1.29, 1.82) is 0 Å². The SMILES string of the molecule is CN1/C(=C\C(=O)COC(=O)CCn2cnc3ccccc3c2=O)C(C)(C)c2ccccc21. The van der Waals surface area contributed by atoms with Crippen molar-refractivity contribution < 1.29 is 14.3 Å². The number of esters is 1. The second kappa shape index (κ2) is 8.42. The maximum absolute atomic E-state index is 12.5. The highest BCUT2D eigenvalue weighted by Gasteiger charge is 2.38. The van der Waals surface area contributed by atoms with Gasteiger partial charge in [-0.3, -0.25) is 19.0 Å². The summed E-state index contributed by atoms with van der Waals surface area (Å²) in [6.45, 7) is 3.93. The first-order chi connectivity index (χ1) is 15.3. The number of aromatic nitrogens is 2. The molecular weight excluding hydrogens is 406 g/mol. The van der Waals surface area contributed by atoms with Crippen LogP contribution in [-0.2, 0) is 26.3 Å². The van der Waals surface area contributed by atoms with E-state index < -0.39 is 5.97 Å². The largest absolute Gasteiger partial charge is 0.457 e. The van der Waals surface area contributed by atoms with Gasteiger partial charge in [-0.05, 0) is 23.8 Å². The third-order valence-electron chi connectivity index (χ3n) is 5.90. The number of likely N-dealkylation sites (N-methyl/N-ethyl adjacent to an activating group) is 1. The molecule has 0 atom stereocenters. The van der Waals surface area contributed by atoms with Gasteiger partial charge in [0.05, 0.1) is 23.7 Å². The summed E-state index contributed by atoms with van der Waals surface area (Å²) in [5.41, 5.74) is 3.13. The van der Waals surface area contributed by atoms with Gasteiger partial charge in [-0.2, -0.15) is 0 Å². The van der Waals surface area contributed by atoms with Gasteiger partial charge in [-0.25, -0.2) is 4.98 Å². The smallest absolute Gasteiger partial charge is 0.308 e. The highest BCUT2D eigenvalue weighted by molar-refractivity contribution is 5.94. The number of allylic oxidation sites excluding steroid dienone is 1. The van der Waals surface area contributed by atoms with Crippen LogP contribution in [-0.4, -0.2) is 35.0 Å². The van der Waals surface area contributed by atoms with E-state index in [1.807, 2.05) is 36.2 Å². The summed E-state index contributed by atoms with van der Waals surface area (Å²) in [5, 5.41) is 0.495. The van der Waals surface area contributed by atoms with Crippen molar-refractivity contribution in [2.75, 3.05) is 18.6 Å². The standard InChI is InChI=1S/C25H25N3O4/c1-25(2)19-9-5-7-11-21(19)27(3)22(25)14-17(29)15-32-23(30)12-13-28-16-26-20-10-6-4-8-18(20)24(28)31/h4-11,14,16H,12-13,15H2,1-3H3/b22-14-. The van der Waals surface area contributed by atoms with Crippen molar-refractivity contribution in [2.24, 2.45) is 0 Å². The molecule has 0 fully saturated rings. The number of ketones is 1. The molecule has 0 saturated carbocycles. The fraction of sp³-hybridized carbons (Fsp3) is 0.280. The summed E-state index contributed by atoms with van der Waals surface area (Å²) in [6.07, 6.45) is 2.94. The highest BCUT2D eigenvalue weighted by Crippen LogP contribution is 2.46. The number of hydrogen-bond acceptors (Lipinski definition) is 6. The van der Waals surface area contributed by atoms with E-state index in [0.717, 1.165) is 16.9 Å². The molecule has 1 aliphatic rings. The fourth-order valence-electron chi connectivity index (χ4n) is 4.15. The molecule has 1 aliphatic heterocycles. The molecule has 1 aromatic heterocycles. The summed E-state index contributed by atoms with van der Waals surface area (Å²) in [7, 11) is 1.92. The number of aryl methyl sites for hydroxylation is 1. The van der Waals surface area contributed by atoms with Crippen LogP contribution in [0.2, 0.25) is 0 Å². The Morgan fingerprint density at radius 3 is 2.59 bits per heavy atom. The average Bonchev–Trinajstić information content (AvgIpc) is 2.98. The fourth-order valence-corrected chi connectivity index (χ4v) is 4.15. The molecule has 164 valence electrons. The third kappa shape index (κ3) is 3.93. The van der Waals surface area contributed by atoms with Gasteiger partial charge in [0.1, 0.15) is 0 Å². The Kier molecular flexibility index (Phi) is 5.65. The van der Waals surface area contributed by atoms with Crippen LogP contribution in [0, 0.1) is 0 Å². The van der Waals surface area contributed by atoms with Crippen LogP contribution in [0.15, 0.2) is 71.4 Å². The number of nitrogens with zero attached hydrogens (tertiary/aromatic N) is 3. The van der Waals surface area contributed by atoms with Gasteiger partial charge < -0.3 is 9.64 Å². The molecule has 2 heterocycles. The molecule has 3 aromatic rings. The van der Waals surface area contributed by atoms with E-state index in [2.05, 4.69) is 24.9 Å². The predicted octanol–water partition coefficient (Wildman–Crippen LogP) is 3.21. The lowest BCUT2D eigenvalue weighted by atomic mass is 9.83. The van der Waals surface area contributed by atoms with Crippen molar-refractivity contribution in [3.8, 4) is 0 Å². The van der Waals surface area contributed by atoms with Gasteiger partial charge in [-0.1, -0.05) is 44.2 Å². The molecule has 7 heteroatoms. The number of carbonyl (C=O) groups is 2. The Morgan fingerprint density at radius 1 is 1.09 bits per heavy atom. The molecule has 0 aliphatic carbocycles. The minimum absolute atomic E-state index is 0.0272. The summed E-state index contributed by atoms with van der Waals surface area (Å²) in [5.74, 6) is -0.829. The Morgan fingerprint density at radius 2 is 1.81 bits per heavy atom. The first kappa shape index (κ1) is 21.5. The lowest BCUT2D eigenvalue weighted by Gasteiger charge is -2.23. The Labute approximate surface area is 185 Å². The molecule has 0 bridgehead atoms. The van der Waals surface area contributed by atoms with Crippen molar-refractivity contribution >= 4 is 28.3 Å². The first-order valence-electron chi connectivity index (χ1n) is 10.5. The summed E-state index contributed by atoms with van der Waals surface area (Å²) in [6, 6.07) is 15.1. The van der Waals surface area contributed by atoms with Gasteiger partial charge in [-0.15, -0.1) is 0 Å². The Hall–Kier alpha value is -3.74. The normalized spacial score (nSPS) is 15.7. The number of ether oxygens (including phenoxy) is 1. The summed E-state index contributed by atoms with van der Waals surface area (Å²) >= 11 is 0. The lowest BCUT2D eigenvalue weighted by molar-refractivity contribution is -0.147. The second-order valence-corrected chi connectivity index (χ2v) is 8.37.